The normalized spacial score (nSPS) is 17.0. The molecule has 1 aromatic heterocycles. The number of carbonyl (C=O) groups is 1. The van der Waals surface area contributed by atoms with Crippen LogP contribution < -0.4 is 5.32 Å². The van der Waals surface area contributed by atoms with Crippen LogP contribution in [0.15, 0.2) is 65.7 Å². The zero-order valence-electron chi connectivity index (χ0n) is 16.3. The number of aromatic nitrogens is 3. The van der Waals surface area contributed by atoms with Gasteiger partial charge in [0.15, 0.2) is 0 Å². The Kier molecular flexibility index (Phi) is 5.51. The Labute approximate surface area is 174 Å². The van der Waals surface area contributed by atoms with Crippen molar-refractivity contribution in [2.75, 3.05) is 25.5 Å². The molecule has 0 bridgehead atoms. The molecule has 9 nitrogen and oxygen atoms in total. The number of nitrogens with one attached hydrogen (secondary N) is 1. The van der Waals surface area contributed by atoms with E-state index >= 15 is 0 Å². The van der Waals surface area contributed by atoms with Gasteiger partial charge in [-0.15, -0.1) is 5.10 Å². The standard InChI is InChI=1S/C20H21N5O4S/c1-29-20(26)21-16-7-9-18(10-8-16)30(27,28)24-12-11-17(13-24)25-14-19(22-23-25)15-5-3-2-4-6-15/h2-10,14,17H,11-13H2,1H3,(H,21,26)/t17-/m0/s1. The van der Waals surface area contributed by atoms with E-state index in [0.29, 0.717) is 25.2 Å². The molecule has 1 amide bonds. The molecule has 1 atom stereocenters. The first-order chi connectivity index (χ1) is 14.5. The van der Waals surface area contributed by atoms with E-state index in [9.17, 15) is 13.2 Å². The molecule has 1 N–H and O–H groups in total. The van der Waals surface area contributed by atoms with Crippen molar-refractivity contribution in [1.82, 2.24) is 19.3 Å². The van der Waals surface area contributed by atoms with Crippen molar-refractivity contribution in [3.8, 4) is 11.3 Å². The summed E-state index contributed by atoms with van der Waals surface area (Å²) >= 11 is 0. The molecule has 0 radical (unpaired) electrons. The van der Waals surface area contributed by atoms with E-state index in [2.05, 4.69) is 20.4 Å². The fourth-order valence-electron chi connectivity index (χ4n) is 3.37. The summed E-state index contributed by atoms with van der Waals surface area (Å²) < 4.78 is 33.7. The van der Waals surface area contributed by atoms with Gasteiger partial charge < -0.3 is 4.74 Å². The van der Waals surface area contributed by atoms with E-state index in [-0.39, 0.29) is 10.9 Å². The summed E-state index contributed by atoms with van der Waals surface area (Å²) in [6, 6.07) is 15.6. The van der Waals surface area contributed by atoms with Crippen LogP contribution in [0.2, 0.25) is 0 Å². The summed E-state index contributed by atoms with van der Waals surface area (Å²) in [6.07, 6.45) is 1.89. The number of nitrogens with zero attached hydrogens (tertiary/aromatic N) is 4. The van der Waals surface area contributed by atoms with E-state index in [1.807, 2.05) is 36.5 Å². The van der Waals surface area contributed by atoms with Crippen LogP contribution in [-0.2, 0) is 14.8 Å². The fourth-order valence-corrected chi connectivity index (χ4v) is 4.86. The van der Waals surface area contributed by atoms with Crippen LogP contribution >= 0.6 is 0 Å². The monoisotopic (exact) mass is 427 g/mol. The van der Waals surface area contributed by atoms with Gasteiger partial charge in [-0.1, -0.05) is 35.5 Å². The lowest BCUT2D eigenvalue weighted by atomic mass is 10.2. The maximum Gasteiger partial charge on any atom is 0.411 e. The van der Waals surface area contributed by atoms with Crippen molar-refractivity contribution in [3.05, 3.63) is 60.8 Å². The van der Waals surface area contributed by atoms with Gasteiger partial charge in [0.25, 0.3) is 0 Å². The Morgan fingerprint density at radius 1 is 1.13 bits per heavy atom. The Hall–Kier alpha value is -3.24. The van der Waals surface area contributed by atoms with Crippen molar-refractivity contribution in [1.29, 1.82) is 0 Å². The molecule has 4 rings (SSSR count). The summed E-state index contributed by atoms with van der Waals surface area (Å²) in [5.74, 6) is 0. The first-order valence-corrected chi connectivity index (χ1v) is 10.8. The van der Waals surface area contributed by atoms with Crippen molar-refractivity contribution >= 4 is 21.8 Å². The highest BCUT2D eigenvalue weighted by Gasteiger charge is 2.34. The lowest BCUT2D eigenvalue weighted by molar-refractivity contribution is 0.187. The van der Waals surface area contributed by atoms with Crippen LogP contribution in [0.4, 0.5) is 10.5 Å². The molecule has 2 aromatic carbocycles. The van der Waals surface area contributed by atoms with Crippen LogP contribution in [0.1, 0.15) is 12.5 Å². The highest BCUT2D eigenvalue weighted by atomic mass is 32.2. The minimum atomic E-state index is -3.65. The lowest BCUT2D eigenvalue weighted by Gasteiger charge is -2.17. The van der Waals surface area contributed by atoms with Crippen molar-refractivity contribution < 1.29 is 17.9 Å². The summed E-state index contributed by atoms with van der Waals surface area (Å²) in [6.45, 7) is 0.720. The van der Waals surface area contributed by atoms with E-state index in [4.69, 9.17) is 0 Å². The minimum absolute atomic E-state index is 0.0787. The number of sulfonamides is 1. The van der Waals surface area contributed by atoms with Crippen LogP contribution in [0.5, 0.6) is 0 Å². The molecule has 0 aliphatic carbocycles. The third-order valence-corrected chi connectivity index (χ3v) is 6.88. The number of ether oxygens (including phenoxy) is 1. The van der Waals surface area contributed by atoms with Crippen molar-refractivity contribution in [3.63, 3.8) is 0 Å². The molecule has 30 heavy (non-hydrogen) atoms. The molecule has 0 spiro atoms. The molecule has 1 saturated heterocycles. The zero-order valence-corrected chi connectivity index (χ0v) is 17.1. The molecule has 1 aliphatic heterocycles. The molecule has 10 heteroatoms. The molecular weight excluding hydrogens is 406 g/mol. The summed E-state index contributed by atoms with van der Waals surface area (Å²) in [7, 11) is -2.39. The number of carbonyl (C=O) groups excluding carboxylic acids is 1. The average molecular weight is 427 g/mol. The minimum Gasteiger partial charge on any atom is -0.453 e. The van der Waals surface area contributed by atoms with Crippen molar-refractivity contribution in [2.24, 2.45) is 0 Å². The maximum atomic E-state index is 13.0. The third-order valence-electron chi connectivity index (χ3n) is 5.00. The summed E-state index contributed by atoms with van der Waals surface area (Å²) in [4.78, 5) is 11.4. The number of rotatable bonds is 5. The number of hydrogen-bond donors (Lipinski definition) is 1. The van der Waals surface area contributed by atoms with Crippen LogP contribution in [0.3, 0.4) is 0 Å². The number of hydrogen-bond acceptors (Lipinski definition) is 6. The Bertz CT molecular complexity index is 1130. The molecule has 0 saturated carbocycles. The maximum absolute atomic E-state index is 13.0. The van der Waals surface area contributed by atoms with E-state index in [0.717, 1.165) is 11.3 Å². The Balaban J connectivity index is 1.46. The molecule has 156 valence electrons. The largest absolute Gasteiger partial charge is 0.453 e. The van der Waals surface area contributed by atoms with Gasteiger partial charge in [-0.05, 0) is 30.7 Å². The van der Waals surface area contributed by atoms with Crippen molar-refractivity contribution in [2.45, 2.75) is 17.4 Å². The van der Waals surface area contributed by atoms with Gasteiger partial charge in [-0.3, -0.25) is 5.32 Å². The van der Waals surface area contributed by atoms with E-state index in [1.54, 1.807) is 4.68 Å². The smallest absolute Gasteiger partial charge is 0.411 e. The van der Waals surface area contributed by atoms with Gasteiger partial charge in [-0.2, -0.15) is 4.31 Å². The van der Waals surface area contributed by atoms with Crippen LogP contribution in [0.25, 0.3) is 11.3 Å². The quantitative estimate of drug-likeness (QED) is 0.671. The van der Waals surface area contributed by atoms with Crippen LogP contribution in [-0.4, -0.2) is 54.0 Å². The lowest BCUT2D eigenvalue weighted by Crippen LogP contribution is -2.29. The molecule has 3 aromatic rings. The van der Waals surface area contributed by atoms with E-state index in [1.165, 1.54) is 35.7 Å². The van der Waals surface area contributed by atoms with Gasteiger partial charge >= 0.3 is 6.09 Å². The topological polar surface area (TPSA) is 106 Å². The molecule has 1 aliphatic rings. The summed E-state index contributed by atoms with van der Waals surface area (Å²) in [5.41, 5.74) is 2.17. The summed E-state index contributed by atoms with van der Waals surface area (Å²) in [5, 5.41) is 10.9. The van der Waals surface area contributed by atoms with Crippen LogP contribution in [0, 0.1) is 0 Å². The predicted molar refractivity (Wildman–Crippen MR) is 110 cm³/mol. The predicted octanol–water partition coefficient (Wildman–Crippen LogP) is 2.76. The molecular formula is C20H21N5O4S. The number of methoxy groups -OCH3 is 1. The first-order valence-electron chi connectivity index (χ1n) is 9.40. The number of benzene rings is 2. The number of anilines is 1. The molecule has 1 fully saturated rings. The van der Waals surface area contributed by atoms with Gasteiger partial charge in [0.1, 0.15) is 5.69 Å². The second-order valence-corrected chi connectivity index (χ2v) is 8.83. The first kappa shape index (κ1) is 20.0. The van der Waals surface area contributed by atoms with Gasteiger partial charge in [-0.25, -0.2) is 17.9 Å². The van der Waals surface area contributed by atoms with Gasteiger partial charge in [0.05, 0.1) is 24.2 Å². The SMILES string of the molecule is COC(=O)Nc1ccc(S(=O)(=O)N2CC[C@H](n3cc(-c4ccccc4)nn3)C2)cc1. The highest BCUT2D eigenvalue weighted by Crippen LogP contribution is 2.28. The fraction of sp³-hybridized carbons (Fsp3) is 0.250. The molecule has 2 heterocycles. The Morgan fingerprint density at radius 2 is 1.87 bits per heavy atom. The molecule has 0 unspecified atom stereocenters. The Morgan fingerprint density at radius 3 is 2.57 bits per heavy atom. The zero-order chi connectivity index (χ0) is 21.1. The average Bonchev–Trinajstić information content (AvgIpc) is 3.45. The number of amides is 1. The van der Waals surface area contributed by atoms with Gasteiger partial charge in [0, 0.05) is 24.3 Å². The van der Waals surface area contributed by atoms with Gasteiger partial charge in [0.2, 0.25) is 10.0 Å². The second-order valence-electron chi connectivity index (χ2n) is 6.90. The van der Waals surface area contributed by atoms with E-state index < -0.39 is 16.1 Å². The second kappa shape index (κ2) is 8.25. The third kappa shape index (κ3) is 4.05. The highest BCUT2D eigenvalue weighted by molar-refractivity contribution is 7.89.